The zero-order valence-corrected chi connectivity index (χ0v) is 26.9. The van der Waals surface area contributed by atoms with Crippen molar-refractivity contribution in [1.82, 2.24) is 5.32 Å². The molecule has 0 aliphatic heterocycles. The summed E-state index contributed by atoms with van der Waals surface area (Å²) in [6.45, 7) is 20.7. The van der Waals surface area contributed by atoms with Gasteiger partial charge in [-0.2, -0.15) is 0 Å². The fourth-order valence-corrected chi connectivity index (χ4v) is 11.7. The van der Waals surface area contributed by atoms with E-state index in [1.54, 1.807) is 12.5 Å². The smallest absolute Gasteiger partial charge is 0.302 e. The molecule has 0 aromatic rings. The molecule has 5 aliphatic rings. The van der Waals surface area contributed by atoms with Gasteiger partial charge in [-0.15, -0.1) is 0 Å². The van der Waals surface area contributed by atoms with E-state index in [0.717, 1.165) is 44.9 Å². The van der Waals surface area contributed by atoms with E-state index in [0.29, 0.717) is 23.7 Å². The maximum absolute atomic E-state index is 14.0. The molecule has 0 radical (unpaired) electrons. The number of fused-ring (bicyclic) bond motifs is 7. The van der Waals surface area contributed by atoms with E-state index in [4.69, 9.17) is 4.74 Å². The van der Waals surface area contributed by atoms with Gasteiger partial charge in [-0.3, -0.25) is 9.59 Å². The lowest BCUT2D eigenvalue weighted by molar-refractivity contribution is -0.212. The van der Waals surface area contributed by atoms with Crippen LogP contribution in [0.25, 0.3) is 0 Å². The normalized spacial score (nSPS) is 48.3. The average molecular weight is 556 g/mol. The molecule has 1 unspecified atom stereocenters. The molecule has 2 N–H and O–H groups in total. The van der Waals surface area contributed by atoms with Crippen molar-refractivity contribution in [3.05, 3.63) is 11.6 Å². The summed E-state index contributed by atoms with van der Waals surface area (Å²) in [4.78, 5) is 26.0. The SMILES string of the molecule is CC(=O)O[C@H]1CC[C@]2(C)[C@H]3CC=C4[C@@H]5[C@@H](C)[C@H](C)CC[C@]5(C(=O)NC(C)CO)CC[C@@]4(C)[C@]3(C)CC[C@H]2C1(C)C. The molecule has 11 atom stereocenters. The van der Waals surface area contributed by atoms with Crippen LogP contribution in [0.5, 0.6) is 0 Å². The lowest BCUT2D eigenvalue weighted by Gasteiger charge is -2.71. The molecular weight excluding hydrogens is 498 g/mol. The van der Waals surface area contributed by atoms with Crippen LogP contribution < -0.4 is 5.32 Å². The monoisotopic (exact) mass is 555 g/mol. The molecule has 5 nitrogen and oxygen atoms in total. The number of aliphatic hydroxyl groups is 1. The van der Waals surface area contributed by atoms with Crippen LogP contribution in [-0.4, -0.2) is 35.7 Å². The zero-order chi connectivity index (χ0) is 29.5. The summed E-state index contributed by atoms with van der Waals surface area (Å²) in [6, 6.07) is -0.214. The van der Waals surface area contributed by atoms with Crippen LogP contribution in [0, 0.1) is 56.7 Å². The highest BCUT2D eigenvalue weighted by Crippen LogP contribution is 2.75. The van der Waals surface area contributed by atoms with Crippen LogP contribution in [0.15, 0.2) is 11.6 Å². The van der Waals surface area contributed by atoms with E-state index in [9.17, 15) is 14.7 Å². The number of aliphatic hydroxyl groups excluding tert-OH is 1. The Kier molecular flexibility index (Phi) is 7.41. The molecule has 40 heavy (non-hydrogen) atoms. The summed E-state index contributed by atoms with van der Waals surface area (Å²) in [6.07, 6.45) is 12.2. The van der Waals surface area contributed by atoms with Crippen LogP contribution in [0.1, 0.15) is 120 Å². The Morgan fingerprint density at radius 1 is 1.00 bits per heavy atom. The maximum Gasteiger partial charge on any atom is 0.302 e. The molecule has 0 saturated heterocycles. The van der Waals surface area contributed by atoms with Gasteiger partial charge < -0.3 is 15.2 Å². The van der Waals surface area contributed by atoms with Gasteiger partial charge in [-0.1, -0.05) is 60.1 Å². The Labute approximate surface area is 243 Å². The number of hydrogen-bond acceptors (Lipinski definition) is 4. The Morgan fingerprint density at radius 3 is 2.35 bits per heavy atom. The van der Waals surface area contributed by atoms with Crippen molar-refractivity contribution in [2.24, 2.45) is 56.7 Å². The highest BCUT2D eigenvalue weighted by molar-refractivity contribution is 5.84. The summed E-state index contributed by atoms with van der Waals surface area (Å²) >= 11 is 0. The Morgan fingerprint density at radius 2 is 1.70 bits per heavy atom. The third-order valence-electron chi connectivity index (χ3n) is 14.3. The Balaban J connectivity index is 1.55. The minimum absolute atomic E-state index is 0.00240. The first kappa shape index (κ1) is 30.1. The summed E-state index contributed by atoms with van der Waals surface area (Å²) in [5.41, 5.74) is 1.62. The molecular formula is C35H57NO4. The number of amides is 1. The van der Waals surface area contributed by atoms with Crippen molar-refractivity contribution in [2.45, 2.75) is 132 Å². The van der Waals surface area contributed by atoms with E-state index in [2.05, 4.69) is 59.9 Å². The van der Waals surface area contributed by atoms with Crippen molar-refractivity contribution < 1.29 is 19.4 Å². The van der Waals surface area contributed by atoms with Crippen LogP contribution in [-0.2, 0) is 14.3 Å². The molecule has 0 aromatic carbocycles. The Hall–Kier alpha value is -1.36. The topological polar surface area (TPSA) is 75.6 Å². The predicted octanol–water partition coefficient (Wildman–Crippen LogP) is 7.07. The van der Waals surface area contributed by atoms with Gasteiger partial charge in [0, 0.05) is 18.4 Å². The number of carbonyl (C=O) groups is 2. The largest absolute Gasteiger partial charge is 0.462 e. The van der Waals surface area contributed by atoms with E-state index in [1.165, 1.54) is 12.8 Å². The molecule has 4 fully saturated rings. The minimum atomic E-state index is -0.366. The number of nitrogens with one attached hydrogen (secondary N) is 1. The molecule has 5 heteroatoms. The van der Waals surface area contributed by atoms with E-state index < -0.39 is 0 Å². The van der Waals surface area contributed by atoms with Gasteiger partial charge in [0.2, 0.25) is 5.91 Å². The quantitative estimate of drug-likeness (QED) is 0.287. The fraction of sp³-hybridized carbons (Fsp3) is 0.886. The highest BCUT2D eigenvalue weighted by atomic mass is 16.5. The Bertz CT molecular complexity index is 1070. The second-order valence-electron chi connectivity index (χ2n) is 16.3. The van der Waals surface area contributed by atoms with Gasteiger partial charge in [-0.25, -0.2) is 0 Å². The van der Waals surface area contributed by atoms with Crippen LogP contribution >= 0.6 is 0 Å². The minimum Gasteiger partial charge on any atom is -0.462 e. The molecule has 4 saturated carbocycles. The number of rotatable bonds is 4. The molecule has 226 valence electrons. The lowest BCUT2D eigenvalue weighted by atomic mass is 9.33. The third-order valence-corrected chi connectivity index (χ3v) is 14.3. The molecule has 0 spiro atoms. The van der Waals surface area contributed by atoms with Gasteiger partial charge in [-0.05, 0) is 111 Å². The first-order valence-corrected chi connectivity index (χ1v) is 16.4. The van der Waals surface area contributed by atoms with E-state index in [1.807, 2.05) is 6.92 Å². The van der Waals surface area contributed by atoms with Crippen molar-refractivity contribution >= 4 is 11.9 Å². The van der Waals surface area contributed by atoms with Crippen LogP contribution in [0.3, 0.4) is 0 Å². The second-order valence-corrected chi connectivity index (χ2v) is 16.3. The van der Waals surface area contributed by atoms with Crippen LogP contribution in [0.2, 0.25) is 0 Å². The van der Waals surface area contributed by atoms with E-state index >= 15 is 0 Å². The van der Waals surface area contributed by atoms with Gasteiger partial charge >= 0.3 is 5.97 Å². The average Bonchev–Trinajstić information content (AvgIpc) is 2.88. The highest BCUT2D eigenvalue weighted by Gasteiger charge is 2.69. The summed E-state index contributed by atoms with van der Waals surface area (Å²) in [5.74, 6) is 2.45. The molecule has 0 heterocycles. The molecule has 0 aromatic heterocycles. The number of hydrogen-bond donors (Lipinski definition) is 2. The van der Waals surface area contributed by atoms with Gasteiger partial charge in [0.05, 0.1) is 12.0 Å². The standard InChI is InChI=1S/C35H57NO4/c1-21-12-17-35(30(39)36-22(2)20-37)19-18-33(8)25(29(35)23(21)3)10-11-27-32(7)15-14-28(40-24(4)38)31(5,6)26(32)13-16-34(27,33)9/h10,21-23,26-29,37H,11-20H2,1-9H3,(H,36,39)/t21-,22?,23+,26+,27-,28+,29+,32+,33-,34-,35+/m1/s1. The summed E-state index contributed by atoms with van der Waals surface area (Å²) in [7, 11) is 0. The fourth-order valence-electron chi connectivity index (χ4n) is 11.7. The van der Waals surface area contributed by atoms with Crippen molar-refractivity contribution in [1.29, 1.82) is 0 Å². The third kappa shape index (κ3) is 4.02. The summed E-state index contributed by atoms with van der Waals surface area (Å²) in [5, 5.41) is 12.9. The molecule has 0 bridgehead atoms. The number of carbonyl (C=O) groups excluding carboxylic acids is 2. The predicted molar refractivity (Wildman–Crippen MR) is 159 cm³/mol. The van der Waals surface area contributed by atoms with E-state index in [-0.39, 0.29) is 63.6 Å². The van der Waals surface area contributed by atoms with Gasteiger partial charge in [0.25, 0.3) is 0 Å². The second kappa shape index (κ2) is 9.85. The maximum atomic E-state index is 14.0. The zero-order valence-electron chi connectivity index (χ0n) is 26.9. The van der Waals surface area contributed by atoms with Crippen molar-refractivity contribution in [3.8, 4) is 0 Å². The molecule has 5 rings (SSSR count). The first-order chi connectivity index (χ1) is 18.6. The van der Waals surface area contributed by atoms with Crippen molar-refractivity contribution in [3.63, 3.8) is 0 Å². The van der Waals surface area contributed by atoms with Gasteiger partial charge in [0.15, 0.2) is 0 Å². The van der Waals surface area contributed by atoms with Crippen LogP contribution in [0.4, 0.5) is 0 Å². The van der Waals surface area contributed by atoms with Gasteiger partial charge in [0.1, 0.15) is 6.10 Å². The first-order valence-electron chi connectivity index (χ1n) is 16.4. The molecule has 5 aliphatic carbocycles. The molecule has 1 amide bonds. The number of esters is 1. The number of allylic oxidation sites excluding steroid dienone is 2. The summed E-state index contributed by atoms with van der Waals surface area (Å²) < 4.78 is 5.91. The van der Waals surface area contributed by atoms with Crippen molar-refractivity contribution in [2.75, 3.05) is 6.61 Å². The lowest BCUT2D eigenvalue weighted by Crippen LogP contribution is -2.66. The number of ether oxygens (including phenoxy) is 1.